The second-order valence-corrected chi connectivity index (χ2v) is 5.11. The zero-order valence-corrected chi connectivity index (χ0v) is 11.6. The van der Waals surface area contributed by atoms with Crippen molar-refractivity contribution in [3.8, 4) is 6.07 Å². The lowest BCUT2D eigenvalue weighted by Crippen LogP contribution is -2.52. The molecule has 1 fully saturated rings. The van der Waals surface area contributed by atoms with E-state index < -0.39 is 0 Å². The summed E-state index contributed by atoms with van der Waals surface area (Å²) in [6.07, 6.45) is 1.52. The molecule has 1 aromatic rings. The van der Waals surface area contributed by atoms with E-state index in [-0.39, 0.29) is 11.9 Å². The second kappa shape index (κ2) is 5.37. The number of hydrogen-bond donors (Lipinski definition) is 0. The van der Waals surface area contributed by atoms with E-state index in [1.165, 1.54) is 6.20 Å². The molecule has 2 heterocycles. The molecule has 1 aliphatic heterocycles. The van der Waals surface area contributed by atoms with Crippen LogP contribution in [0.5, 0.6) is 0 Å². The van der Waals surface area contributed by atoms with Gasteiger partial charge in [-0.15, -0.1) is 0 Å². The number of carbonyl (C=O) groups excluding carboxylic acids is 1. The van der Waals surface area contributed by atoms with Crippen molar-refractivity contribution in [1.29, 1.82) is 5.26 Å². The van der Waals surface area contributed by atoms with Crippen molar-refractivity contribution in [2.24, 2.45) is 0 Å². The number of pyridine rings is 1. The van der Waals surface area contributed by atoms with E-state index in [0.29, 0.717) is 11.3 Å². The predicted octanol–water partition coefficient (Wildman–Crippen LogP) is 1.04. The largest absolute Gasteiger partial charge is 0.333 e. The van der Waals surface area contributed by atoms with Gasteiger partial charge in [0.2, 0.25) is 0 Å². The highest BCUT2D eigenvalue weighted by molar-refractivity contribution is 5.95. The first kappa shape index (κ1) is 13.5. The van der Waals surface area contributed by atoms with Crippen LogP contribution in [0.15, 0.2) is 12.3 Å². The average Bonchev–Trinajstić information content (AvgIpc) is 2.37. The molecule has 5 heteroatoms. The molecule has 19 heavy (non-hydrogen) atoms. The molecule has 1 aromatic heterocycles. The van der Waals surface area contributed by atoms with Gasteiger partial charge in [-0.3, -0.25) is 4.79 Å². The Hall–Kier alpha value is -1.93. The van der Waals surface area contributed by atoms with Crippen LogP contribution in [-0.2, 0) is 0 Å². The molecular formula is C14H18N4O. The molecule has 2 rings (SSSR count). The van der Waals surface area contributed by atoms with E-state index >= 15 is 0 Å². The Morgan fingerprint density at radius 1 is 1.53 bits per heavy atom. The Labute approximate surface area is 113 Å². The van der Waals surface area contributed by atoms with Gasteiger partial charge in [-0.2, -0.15) is 5.26 Å². The first-order chi connectivity index (χ1) is 9.02. The topological polar surface area (TPSA) is 60.2 Å². The number of hydrogen-bond acceptors (Lipinski definition) is 4. The summed E-state index contributed by atoms with van der Waals surface area (Å²) in [5.74, 6) is 0.00934. The fourth-order valence-corrected chi connectivity index (χ4v) is 2.44. The second-order valence-electron chi connectivity index (χ2n) is 5.11. The van der Waals surface area contributed by atoms with Crippen molar-refractivity contribution in [3.05, 3.63) is 29.1 Å². The Bertz CT molecular complexity index is 535. The number of aromatic nitrogens is 1. The molecular weight excluding hydrogens is 240 g/mol. The van der Waals surface area contributed by atoms with Crippen LogP contribution in [0.25, 0.3) is 0 Å². The number of piperazine rings is 1. The first-order valence-corrected chi connectivity index (χ1v) is 6.39. The van der Waals surface area contributed by atoms with Crippen LogP contribution < -0.4 is 0 Å². The summed E-state index contributed by atoms with van der Waals surface area (Å²) in [4.78, 5) is 20.6. The minimum atomic E-state index is 0.00934. The maximum atomic E-state index is 12.5. The highest BCUT2D eigenvalue weighted by Gasteiger charge is 2.27. The van der Waals surface area contributed by atoms with E-state index in [1.54, 1.807) is 6.07 Å². The molecule has 1 aliphatic rings. The normalized spacial score (nSPS) is 20.1. The lowest BCUT2D eigenvalue weighted by Gasteiger charge is -2.38. The van der Waals surface area contributed by atoms with Gasteiger partial charge in [0.15, 0.2) is 0 Å². The molecule has 5 nitrogen and oxygen atoms in total. The number of nitriles is 1. The summed E-state index contributed by atoms with van der Waals surface area (Å²) in [5, 5.41) is 8.80. The van der Waals surface area contributed by atoms with Crippen LogP contribution in [0.1, 0.15) is 28.5 Å². The highest BCUT2D eigenvalue weighted by Crippen LogP contribution is 2.16. The fourth-order valence-electron chi connectivity index (χ4n) is 2.44. The summed E-state index contributed by atoms with van der Waals surface area (Å²) in [6.45, 7) is 6.40. The monoisotopic (exact) mass is 258 g/mol. The fraction of sp³-hybridized carbons (Fsp3) is 0.500. The van der Waals surface area contributed by atoms with Gasteiger partial charge in [0, 0.05) is 31.9 Å². The van der Waals surface area contributed by atoms with Crippen LogP contribution in [0.4, 0.5) is 0 Å². The van der Waals surface area contributed by atoms with E-state index in [4.69, 9.17) is 5.26 Å². The van der Waals surface area contributed by atoms with Gasteiger partial charge in [0.25, 0.3) is 5.91 Å². The minimum Gasteiger partial charge on any atom is -0.333 e. The number of amides is 1. The third-order valence-corrected chi connectivity index (χ3v) is 3.55. The molecule has 0 radical (unpaired) electrons. The van der Waals surface area contributed by atoms with Gasteiger partial charge in [-0.25, -0.2) is 4.98 Å². The Balaban J connectivity index is 2.23. The average molecular weight is 258 g/mol. The lowest BCUT2D eigenvalue weighted by molar-refractivity contribution is 0.0532. The van der Waals surface area contributed by atoms with Crippen molar-refractivity contribution < 1.29 is 4.79 Å². The van der Waals surface area contributed by atoms with Crippen LogP contribution in [0, 0.1) is 18.3 Å². The maximum absolute atomic E-state index is 12.5. The summed E-state index contributed by atoms with van der Waals surface area (Å²) in [7, 11) is 2.06. The molecule has 1 amide bonds. The third-order valence-electron chi connectivity index (χ3n) is 3.55. The number of nitrogens with zero attached hydrogens (tertiary/aromatic N) is 4. The first-order valence-electron chi connectivity index (χ1n) is 6.39. The molecule has 100 valence electrons. The zero-order chi connectivity index (χ0) is 14.0. The summed E-state index contributed by atoms with van der Waals surface area (Å²) < 4.78 is 0. The van der Waals surface area contributed by atoms with Gasteiger partial charge >= 0.3 is 0 Å². The van der Waals surface area contributed by atoms with E-state index in [1.807, 2.05) is 17.9 Å². The van der Waals surface area contributed by atoms with E-state index in [0.717, 1.165) is 25.2 Å². The summed E-state index contributed by atoms with van der Waals surface area (Å²) in [6, 6.07) is 3.84. The summed E-state index contributed by atoms with van der Waals surface area (Å²) in [5.41, 5.74) is 1.75. The van der Waals surface area contributed by atoms with Crippen molar-refractivity contribution in [2.45, 2.75) is 19.9 Å². The van der Waals surface area contributed by atoms with Gasteiger partial charge in [-0.05, 0) is 32.5 Å². The highest BCUT2D eigenvalue weighted by atomic mass is 16.2. The van der Waals surface area contributed by atoms with Gasteiger partial charge < -0.3 is 9.80 Å². The van der Waals surface area contributed by atoms with Crippen molar-refractivity contribution in [3.63, 3.8) is 0 Å². The smallest absolute Gasteiger partial charge is 0.256 e. The van der Waals surface area contributed by atoms with Gasteiger partial charge in [0.05, 0.1) is 5.56 Å². The van der Waals surface area contributed by atoms with E-state index in [2.05, 4.69) is 23.9 Å². The van der Waals surface area contributed by atoms with Gasteiger partial charge in [-0.1, -0.05) is 0 Å². The Morgan fingerprint density at radius 2 is 2.26 bits per heavy atom. The number of rotatable bonds is 1. The molecule has 0 aliphatic carbocycles. The zero-order valence-electron chi connectivity index (χ0n) is 11.6. The predicted molar refractivity (Wildman–Crippen MR) is 71.7 cm³/mol. The van der Waals surface area contributed by atoms with Gasteiger partial charge in [0.1, 0.15) is 11.8 Å². The van der Waals surface area contributed by atoms with Crippen LogP contribution in [0.3, 0.4) is 0 Å². The number of likely N-dealkylation sites (N-methyl/N-ethyl adjacent to an activating group) is 1. The van der Waals surface area contributed by atoms with Crippen LogP contribution in [-0.4, -0.2) is 53.4 Å². The Morgan fingerprint density at radius 3 is 2.84 bits per heavy atom. The van der Waals surface area contributed by atoms with Crippen LogP contribution in [0.2, 0.25) is 0 Å². The van der Waals surface area contributed by atoms with Crippen molar-refractivity contribution in [2.75, 3.05) is 26.7 Å². The molecule has 0 unspecified atom stereocenters. The SMILES string of the molecule is Cc1cc(C#N)ncc1C(=O)N1CCN(C)C[C@@H]1C. The minimum absolute atomic E-state index is 0.00934. The Kier molecular flexibility index (Phi) is 3.82. The standard InChI is InChI=1S/C14H18N4O/c1-10-6-12(7-15)16-8-13(10)14(19)18-5-4-17(3)9-11(18)2/h6,8,11H,4-5,9H2,1-3H3/t11-/m0/s1. The number of carbonyl (C=O) groups is 1. The molecule has 0 saturated carbocycles. The lowest BCUT2D eigenvalue weighted by atomic mass is 10.1. The molecule has 0 bridgehead atoms. The van der Waals surface area contributed by atoms with Crippen molar-refractivity contribution in [1.82, 2.24) is 14.8 Å². The maximum Gasteiger partial charge on any atom is 0.256 e. The van der Waals surface area contributed by atoms with Crippen molar-refractivity contribution >= 4 is 5.91 Å². The molecule has 0 N–H and O–H groups in total. The van der Waals surface area contributed by atoms with E-state index in [9.17, 15) is 4.79 Å². The summed E-state index contributed by atoms with van der Waals surface area (Å²) >= 11 is 0. The molecule has 1 atom stereocenters. The third kappa shape index (κ3) is 2.74. The quantitative estimate of drug-likeness (QED) is 0.755. The molecule has 0 spiro atoms. The number of aryl methyl sites for hydroxylation is 1. The van der Waals surface area contributed by atoms with Crippen LogP contribution >= 0.6 is 0 Å². The molecule has 0 aromatic carbocycles. The molecule has 1 saturated heterocycles.